The van der Waals surface area contributed by atoms with Crippen LogP contribution in [0.1, 0.15) is 38.8 Å². The van der Waals surface area contributed by atoms with E-state index in [9.17, 15) is 0 Å². The molecule has 1 N–H and O–H groups in total. The van der Waals surface area contributed by atoms with Gasteiger partial charge >= 0.3 is 0 Å². The lowest BCUT2D eigenvalue weighted by atomic mass is 9.70. The van der Waals surface area contributed by atoms with Crippen molar-refractivity contribution in [2.24, 2.45) is 23.7 Å². The van der Waals surface area contributed by atoms with E-state index >= 15 is 0 Å². The molecular formula is C26H33N3O3. The number of ether oxygens (including phenoxy) is 1. The maximum atomic E-state index is 6.01. The summed E-state index contributed by atoms with van der Waals surface area (Å²) in [6, 6.07) is 11.6. The lowest BCUT2D eigenvalue weighted by Gasteiger charge is -2.37. The highest BCUT2D eigenvalue weighted by Gasteiger charge is 2.32. The third-order valence-electron chi connectivity index (χ3n) is 6.57. The minimum Gasteiger partial charge on any atom is -0.497 e. The van der Waals surface area contributed by atoms with E-state index in [-0.39, 0.29) is 0 Å². The normalized spacial score (nSPS) is 21.0. The van der Waals surface area contributed by atoms with Crippen molar-refractivity contribution in [3.8, 4) is 17.2 Å². The van der Waals surface area contributed by atoms with Crippen molar-refractivity contribution in [3.63, 3.8) is 0 Å². The van der Waals surface area contributed by atoms with Gasteiger partial charge in [-0.15, -0.1) is 10.2 Å². The Bertz CT molecular complexity index is 1010. The van der Waals surface area contributed by atoms with Gasteiger partial charge in [-0.25, -0.2) is 0 Å². The van der Waals surface area contributed by atoms with Crippen LogP contribution in [0.5, 0.6) is 5.75 Å². The van der Waals surface area contributed by atoms with Gasteiger partial charge in [0.25, 0.3) is 0 Å². The predicted molar refractivity (Wildman–Crippen MR) is 124 cm³/mol. The molecule has 0 fully saturated rings. The Morgan fingerprint density at radius 2 is 1.97 bits per heavy atom. The Morgan fingerprint density at radius 3 is 2.66 bits per heavy atom. The maximum Gasteiger partial charge on any atom is 0.247 e. The molecule has 0 saturated heterocycles. The van der Waals surface area contributed by atoms with E-state index in [1.54, 1.807) is 13.4 Å². The molecular weight excluding hydrogens is 402 g/mol. The highest BCUT2D eigenvalue weighted by molar-refractivity contribution is 5.53. The lowest BCUT2D eigenvalue weighted by molar-refractivity contribution is 0.217. The number of benzene rings is 1. The van der Waals surface area contributed by atoms with Crippen molar-refractivity contribution in [2.45, 2.75) is 40.2 Å². The molecule has 1 aromatic carbocycles. The monoisotopic (exact) mass is 435 g/mol. The molecule has 0 amide bonds. The molecule has 6 heteroatoms. The minimum atomic E-state index is 0.424. The topological polar surface area (TPSA) is 73.3 Å². The molecule has 3 atom stereocenters. The fourth-order valence-corrected chi connectivity index (χ4v) is 4.68. The molecule has 0 saturated carbocycles. The number of aromatic nitrogens is 2. The number of nitrogens with zero attached hydrogens (tertiary/aromatic N) is 2. The number of furan rings is 1. The van der Waals surface area contributed by atoms with Crippen LogP contribution in [0.3, 0.4) is 0 Å². The number of allylic oxidation sites excluding steroid dienone is 1. The van der Waals surface area contributed by atoms with E-state index in [1.807, 2.05) is 36.4 Å². The summed E-state index contributed by atoms with van der Waals surface area (Å²) in [6.45, 7) is 8.60. The van der Waals surface area contributed by atoms with Crippen LogP contribution in [0, 0.1) is 23.7 Å². The smallest absolute Gasteiger partial charge is 0.247 e. The van der Waals surface area contributed by atoms with Gasteiger partial charge in [0.1, 0.15) is 11.5 Å². The van der Waals surface area contributed by atoms with Crippen LogP contribution >= 0.6 is 0 Å². The van der Waals surface area contributed by atoms with Gasteiger partial charge in [-0.1, -0.05) is 25.5 Å². The number of hydrogen-bond acceptors (Lipinski definition) is 6. The summed E-state index contributed by atoms with van der Waals surface area (Å²) < 4.78 is 16.7. The highest BCUT2D eigenvalue weighted by Crippen LogP contribution is 2.39. The molecule has 2 heterocycles. The Kier molecular flexibility index (Phi) is 7.10. The van der Waals surface area contributed by atoms with Gasteiger partial charge < -0.3 is 18.9 Å². The zero-order chi connectivity index (χ0) is 22.5. The summed E-state index contributed by atoms with van der Waals surface area (Å²) in [5.74, 6) is 5.19. The first-order valence-corrected chi connectivity index (χ1v) is 11.4. The summed E-state index contributed by atoms with van der Waals surface area (Å²) >= 11 is 0. The molecule has 6 nitrogen and oxygen atoms in total. The van der Waals surface area contributed by atoms with Crippen LogP contribution in [-0.2, 0) is 13.0 Å². The van der Waals surface area contributed by atoms with Crippen molar-refractivity contribution >= 4 is 0 Å². The van der Waals surface area contributed by atoms with E-state index in [4.69, 9.17) is 13.6 Å². The van der Waals surface area contributed by atoms with E-state index in [1.165, 1.54) is 5.57 Å². The van der Waals surface area contributed by atoms with Gasteiger partial charge in [-0.2, -0.15) is 0 Å². The molecule has 0 radical (unpaired) electrons. The average molecular weight is 436 g/mol. The second kappa shape index (κ2) is 10.2. The van der Waals surface area contributed by atoms with Crippen LogP contribution in [-0.4, -0.2) is 23.9 Å². The van der Waals surface area contributed by atoms with Gasteiger partial charge in [0.15, 0.2) is 0 Å². The number of hydrogen-bond donors (Lipinski definition) is 1. The number of methoxy groups -OCH3 is 1. The van der Waals surface area contributed by atoms with Crippen molar-refractivity contribution in [1.29, 1.82) is 0 Å². The molecule has 3 unspecified atom stereocenters. The maximum absolute atomic E-state index is 6.01. The summed E-state index contributed by atoms with van der Waals surface area (Å²) in [4.78, 5) is 0. The first-order chi connectivity index (χ1) is 15.5. The van der Waals surface area contributed by atoms with Gasteiger partial charge in [0.2, 0.25) is 11.8 Å². The molecule has 4 rings (SSSR count). The second-order valence-electron chi connectivity index (χ2n) is 9.06. The van der Waals surface area contributed by atoms with E-state index < -0.39 is 0 Å². The Morgan fingerprint density at radius 1 is 1.16 bits per heavy atom. The van der Waals surface area contributed by atoms with Crippen LogP contribution < -0.4 is 10.1 Å². The standard InChI is InChI=1S/C26H33N3O3/c1-17(2)24-13-20(18(3)12-21(24)15-27-16-23-6-5-11-31-23)14-25-28-29-26(32-25)19-7-9-22(30-4)10-8-19/h5-12,17,20-21,24,27H,13-16H2,1-4H3. The summed E-state index contributed by atoms with van der Waals surface area (Å²) in [7, 11) is 1.66. The first-order valence-electron chi connectivity index (χ1n) is 11.4. The second-order valence-corrected chi connectivity index (χ2v) is 9.06. The van der Waals surface area contributed by atoms with Crippen LogP contribution in [0.15, 0.2) is 63.1 Å². The molecule has 32 heavy (non-hydrogen) atoms. The van der Waals surface area contributed by atoms with Crippen LogP contribution in [0.2, 0.25) is 0 Å². The predicted octanol–water partition coefficient (Wildman–Crippen LogP) is 5.53. The number of nitrogens with one attached hydrogen (secondary N) is 1. The largest absolute Gasteiger partial charge is 0.497 e. The zero-order valence-electron chi connectivity index (χ0n) is 19.4. The lowest BCUT2D eigenvalue weighted by Crippen LogP contribution is -2.34. The third kappa shape index (κ3) is 5.30. The molecule has 1 aliphatic rings. The van der Waals surface area contributed by atoms with Crippen LogP contribution in [0.25, 0.3) is 11.5 Å². The van der Waals surface area contributed by atoms with Crippen molar-refractivity contribution < 1.29 is 13.6 Å². The third-order valence-corrected chi connectivity index (χ3v) is 6.57. The van der Waals surface area contributed by atoms with Gasteiger partial charge in [0.05, 0.1) is 19.9 Å². The first kappa shape index (κ1) is 22.3. The fourth-order valence-electron chi connectivity index (χ4n) is 4.68. The van der Waals surface area contributed by atoms with Gasteiger partial charge in [0, 0.05) is 18.5 Å². The van der Waals surface area contributed by atoms with Gasteiger partial charge in [-0.05, 0) is 73.4 Å². The zero-order valence-corrected chi connectivity index (χ0v) is 19.4. The Hall–Kier alpha value is -2.86. The average Bonchev–Trinajstić information content (AvgIpc) is 3.48. The van der Waals surface area contributed by atoms with Gasteiger partial charge in [-0.3, -0.25) is 0 Å². The number of rotatable bonds is 9. The molecule has 1 aliphatic carbocycles. The SMILES string of the molecule is COc1ccc(-c2nnc(CC3CC(C(C)C)C(CNCc4ccco4)C=C3C)o2)cc1. The van der Waals surface area contributed by atoms with Crippen molar-refractivity contribution in [2.75, 3.05) is 13.7 Å². The molecule has 0 aliphatic heterocycles. The molecule has 0 spiro atoms. The molecule has 2 aromatic heterocycles. The molecule has 3 aromatic rings. The molecule has 170 valence electrons. The summed E-state index contributed by atoms with van der Waals surface area (Å²) in [5.41, 5.74) is 2.32. The van der Waals surface area contributed by atoms with E-state index in [0.29, 0.717) is 35.5 Å². The Labute approximate surface area is 190 Å². The molecule has 0 bridgehead atoms. The van der Waals surface area contributed by atoms with Crippen molar-refractivity contribution in [3.05, 3.63) is 66.0 Å². The Balaban J connectivity index is 1.40. The van der Waals surface area contributed by atoms with Crippen LogP contribution in [0.4, 0.5) is 0 Å². The van der Waals surface area contributed by atoms with E-state index in [2.05, 4.69) is 42.4 Å². The highest BCUT2D eigenvalue weighted by atomic mass is 16.5. The van der Waals surface area contributed by atoms with Crippen molar-refractivity contribution in [1.82, 2.24) is 15.5 Å². The summed E-state index contributed by atoms with van der Waals surface area (Å²) in [5, 5.41) is 12.2. The quantitative estimate of drug-likeness (QED) is 0.446. The van der Waals surface area contributed by atoms with E-state index in [0.717, 1.165) is 43.0 Å². The minimum absolute atomic E-state index is 0.424. The fraction of sp³-hybridized carbons (Fsp3) is 0.462. The summed E-state index contributed by atoms with van der Waals surface area (Å²) in [6.07, 6.45) is 6.09.